The number of anilines is 2. The van der Waals surface area contributed by atoms with Crippen molar-refractivity contribution in [2.45, 2.75) is 27.3 Å². The third-order valence-electron chi connectivity index (χ3n) is 5.08. The van der Waals surface area contributed by atoms with E-state index in [-0.39, 0.29) is 12.1 Å². The first-order chi connectivity index (χ1) is 14.5. The van der Waals surface area contributed by atoms with E-state index < -0.39 is 21.7 Å². The zero-order valence-electron chi connectivity index (χ0n) is 17.9. The minimum atomic E-state index is -3.50. The fourth-order valence-electron chi connectivity index (χ4n) is 3.15. The molecule has 0 saturated heterocycles. The highest BCUT2D eigenvalue weighted by Gasteiger charge is 2.19. The smallest absolute Gasteiger partial charge is 0.258 e. The lowest BCUT2D eigenvalue weighted by Gasteiger charge is -2.23. The van der Waals surface area contributed by atoms with E-state index in [9.17, 15) is 17.6 Å². The third-order valence-corrected chi connectivity index (χ3v) is 6.22. The molecule has 0 aliphatic rings. The number of carbonyl (C=O) groups is 1. The first-order valence-corrected chi connectivity index (χ1v) is 11.6. The highest BCUT2D eigenvalue weighted by Crippen LogP contribution is 2.24. The van der Waals surface area contributed by atoms with Gasteiger partial charge in [-0.25, -0.2) is 12.8 Å². The van der Waals surface area contributed by atoms with Crippen LogP contribution in [0.25, 0.3) is 0 Å². The van der Waals surface area contributed by atoms with Crippen LogP contribution in [0.15, 0.2) is 60.7 Å². The standard InChI is InChI=1S/C24H25FN2O3S/c1-16-5-12-23(25)22(13-16)24(28)26-20-9-7-19(8-10-20)15-27(31(4,29)30)21-11-6-17(2)18(3)14-21/h5-14H,15H2,1-4H3,(H,26,28). The molecule has 3 rings (SSSR count). The molecule has 0 spiro atoms. The Bertz CT molecular complexity index is 1220. The van der Waals surface area contributed by atoms with E-state index in [1.807, 2.05) is 26.0 Å². The predicted octanol–water partition coefficient (Wildman–Crippen LogP) is 4.97. The van der Waals surface area contributed by atoms with Crippen LogP contribution in [0.4, 0.5) is 15.8 Å². The molecular weight excluding hydrogens is 415 g/mol. The minimum absolute atomic E-state index is 0.0259. The van der Waals surface area contributed by atoms with Gasteiger partial charge in [-0.3, -0.25) is 9.10 Å². The average molecular weight is 441 g/mol. The Labute approximate surface area is 182 Å². The molecule has 3 aromatic rings. The Morgan fingerprint density at radius 3 is 2.23 bits per heavy atom. The summed E-state index contributed by atoms with van der Waals surface area (Å²) < 4.78 is 40.1. The van der Waals surface area contributed by atoms with Crippen molar-refractivity contribution in [1.82, 2.24) is 0 Å². The van der Waals surface area contributed by atoms with Crippen LogP contribution < -0.4 is 9.62 Å². The van der Waals surface area contributed by atoms with Crippen molar-refractivity contribution < 1.29 is 17.6 Å². The van der Waals surface area contributed by atoms with E-state index in [0.717, 1.165) is 22.3 Å². The lowest BCUT2D eigenvalue weighted by Crippen LogP contribution is -2.29. The van der Waals surface area contributed by atoms with Gasteiger partial charge < -0.3 is 5.32 Å². The molecule has 0 bridgehead atoms. The number of rotatable bonds is 6. The summed E-state index contributed by atoms with van der Waals surface area (Å²) in [6.07, 6.45) is 1.17. The molecule has 0 heterocycles. The molecule has 7 heteroatoms. The molecule has 0 saturated carbocycles. The Morgan fingerprint density at radius 2 is 1.61 bits per heavy atom. The molecule has 31 heavy (non-hydrogen) atoms. The van der Waals surface area contributed by atoms with E-state index in [1.54, 1.807) is 43.3 Å². The normalized spacial score (nSPS) is 11.3. The Balaban J connectivity index is 1.78. The van der Waals surface area contributed by atoms with Gasteiger partial charge in [-0.15, -0.1) is 0 Å². The number of nitrogens with one attached hydrogen (secondary N) is 1. The van der Waals surface area contributed by atoms with Gasteiger partial charge in [-0.05, 0) is 73.9 Å². The van der Waals surface area contributed by atoms with Crippen LogP contribution in [0.3, 0.4) is 0 Å². The second-order valence-corrected chi connectivity index (χ2v) is 9.58. The van der Waals surface area contributed by atoms with Crippen LogP contribution in [0.5, 0.6) is 0 Å². The van der Waals surface area contributed by atoms with Gasteiger partial charge in [0.2, 0.25) is 10.0 Å². The zero-order chi connectivity index (χ0) is 22.8. The first-order valence-electron chi connectivity index (χ1n) is 9.76. The van der Waals surface area contributed by atoms with E-state index in [1.165, 1.54) is 22.7 Å². The predicted molar refractivity (Wildman–Crippen MR) is 122 cm³/mol. The van der Waals surface area contributed by atoms with Gasteiger partial charge in [0.25, 0.3) is 5.91 Å². The van der Waals surface area contributed by atoms with Crippen molar-refractivity contribution in [3.05, 3.63) is 94.3 Å². The van der Waals surface area contributed by atoms with Crippen molar-refractivity contribution in [2.24, 2.45) is 0 Å². The van der Waals surface area contributed by atoms with Crippen molar-refractivity contribution >= 4 is 27.3 Å². The summed E-state index contributed by atoms with van der Waals surface area (Å²) in [7, 11) is -3.50. The number of halogens is 1. The fraction of sp³-hybridized carbons (Fsp3) is 0.208. The molecule has 5 nitrogen and oxygen atoms in total. The quantitative estimate of drug-likeness (QED) is 0.589. The van der Waals surface area contributed by atoms with Gasteiger partial charge in [-0.1, -0.05) is 29.8 Å². The number of carbonyl (C=O) groups excluding carboxylic acids is 1. The molecule has 3 aromatic carbocycles. The number of hydrogen-bond donors (Lipinski definition) is 1. The van der Waals surface area contributed by atoms with Crippen LogP contribution in [0.1, 0.15) is 32.6 Å². The molecule has 1 amide bonds. The highest BCUT2D eigenvalue weighted by molar-refractivity contribution is 7.92. The molecule has 0 radical (unpaired) electrons. The number of nitrogens with zero attached hydrogens (tertiary/aromatic N) is 1. The highest BCUT2D eigenvalue weighted by atomic mass is 32.2. The molecule has 0 fully saturated rings. The number of amides is 1. The minimum Gasteiger partial charge on any atom is -0.322 e. The first kappa shape index (κ1) is 22.5. The second-order valence-electron chi connectivity index (χ2n) is 7.67. The summed E-state index contributed by atoms with van der Waals surface area (Å²) in [5.41, 5.74) is 4.69. The van der Waals surface area contributed by atoms with E-state index in [2.05, 4.69) is 5.32 Å². The van der Waals surface area contributed by atoms with Gasteiger partial charge in [-0.2, -0.15) is 0 Å². The largest absolute Gasteiger partial charge is 0.322 e. The SMILES string of the molecule is Cc1ccc(F)c(C(=O)Nc2ccc(CN(c3ccc(C)c(C)c3)S(C)(=O)=O)cc2)c1. The molecule has 0 unspecified atom stereocenters. The topological polar surface area (TPSA) is 66.5 Å². The van der Waals surface area contributed by atoms with Crippen molar-refractivity contribution in [3.8, 4) is 0 Å². The zero-order valence-corrected chi connectivity index (χ0v) is 18.8. The molecule has 0 aromatic heterocycles. The summed E-state index contributed by atoms with van der Waals surface area (Å²) in [5, 5.41) is 2.67. The van der Waals surface area contributed by atoms with E-state index in [0.29, 0.717) is 11.4 Å². The number of hydrogen-bond acceptors (Lipinski definition) is 3. The molecule has 162 valence electrons. The van der Waals surface area contributed by atoms with Gasteiger partial charge >= 0.3 is 0 Å². The fourth-order valence-corrected chi connectivity index (χ4v) is 4.03. The van der Waals surface area contributed by atoms with Crippen LogP contribution >= 0.6 is 0 Å². The lowest BCUT2D eigenvalue weighted by molar-refractivity contribution is 0.102. The maximum absolute atomic E-state index is 13.9. The Hall–Kier alpha value is -3.19. The number of sulfonamides is 1. The molecule has 0 aliphatic carbocycles. The van der Waals surface area contributed by atoms with Crippen LogP contribution in [-0.2, 0) is 16.6 Å². The molecule has 0 atom stereocenters. The van der Waals surface area contributed by atoms with Crippen LogP contribution in [-0.4, -0.2) is 20.6 Å². The number of aryl methyl sites for hydroxylation is 3. The Morgan fingerprint density at radius 1 is 0.935 bits per heavy atom. The van der Waals surface area contributed by atoms with Gasteiger partial charge in [0.05, 0.1) is 24.1 Å². The summed E-state index contributed by atoms with van der Waals surface area (Å²) in [5.74, 6) is -1.13. The monoisotopic (exact) mass is 440 g/mol. The van der Waals surface area contributed by atoms with Crippen molar-refractivity contribution in [1.29, 1.82) is 0 Å². The number of benzene rings is 3. The maximum Gasteiger partial charge on any atom is 0.258 e. The van der Waals surface area contributed by atoms with Gasteiger partial charge in [0.1, 0.15) is 5.82 Å². The summed E-state index contributed by atoms with van der Waals surface area (Å²) in [6, 6.07) is 16.7. The van der Waals surface area contributed by atoms with Crippen molar-refractivity contribution in [2.75, 3.05) is 15.9 Å². The second kappa shape index (κ2) is 8.89. The van der Waals surface area contributed by atoms with E-state index in [4.69, 9.17) is 0 Å². The van der Waals surface area contributed by atoms with Crippen molar-refractivity contribution in [3.63, 3.8) is 0 Å². The van der Waals surface area contributed by atoms with Crippen LogP contribution in [0, 0.1) is 26.6 Å². The molecule has 0 aliphatic heterocycles. The van der Waals surface area contributed by atoms with Gasteiger partial charge in [0.15, 0.2) is 0 Å². The molecule has 1 N–H and O–H groups in total. The van der Waals surface area contributed by atoms with Crippen LogP contribution in [0.2, 0.25) is 0 Å². The maximum atomic E-state index is 13.9. The van der Waals surface area contributed by atoms with E-state index >= 15 is 0 Å². The molecular formula is C24H25FN2O3S. The summed E-state index contributed by atoms with van der Waals surface area (Å²) in [6.45, 7) is 5.85. The van der Waals surface area contributed by atoms with Gasteiger partial charge in [0, 0.05) is 5.69 Å². The lowest BCUT2D eigenvalue weighted by atomic mass is 10.1. The Kier molecular flexibility index (Phi) is 6.45. The third kappa shape index (κ3) is 5.49. The average Bonchev–Trinajstić information content (AvgIpc) is 2.70. The summed E-state index contributed by atoms with van der Waals surface area (Å²) >= 11 is 0. The summed E-state index contributed by atoms with van der Waals surface area (Å²) in [4.78, 5) is 12.4.